The van der Waals surface area contributed by atoms with Gasteiger partial charge in [-0.2, -0.15) is 0 Å². The van der Waals surface area contributed by atoms with Crippen LogP contribution in [0.3, 0.4) is 0 Å². The van der Waals surface area contributed by atoms with Crippen LogP contribution in [0.5, 0.6) is 0 Å². The number of methoxy groups -OCH3 is 2. The first-order chi connectivity index (χ1) is 43.1. The van der Waals surface area contributed by atoms with Crippen LogP contribution in [-0.4, -0.2) is 157 Å². The first-order valence-corrected chi connectivity index (χ1v) is 39.1. The van der Waals surface area contributed by atoms with E-state index in [0.717, 1.165) is 116 Å². The lowest BCUT2D eigenvalue weighted by Crippen LogP contribution is -2.63. The van der Waals surface area contributed by atoms with Gasteiger partial charge in [-0.3, -0.25) is 9.05 Å². The molecule has 2 aliphatic rings. The van der Waals surface area contributed by atoms with Gasteiger partial charge in [-0.25, -0.2) is 9.13 Å². The van der Waals surface area contributed by atoms with E-state index in [2.05, 4.69) is 39.8 Å². The Labute approximate surface area is 541 Å². The SMILES string of the molecule is CCCCCC/C=C\CCCCCCCCCCO[C@H]1[C@H](OC[C@H]2OC(OP(=O)(O)O)[C@H](OCC[C@H](O)CCCCCCCCCCC)[C@@H](OCCCCCCCCCCCC)[C@@H]2O)O[C@H](COC)[C@@H](OP(=O)(O)O)[C@@H]1OCC[C@@H](CCCCCCC)OC. The smallest absolute Gasteiger partial charge is 0.393 e. The van der Waals surface area contributed by atoms with Crippen LogP contribution in [0, 0.1) is 0 Å². The predicted molar refractivity (Wildman–Crippen MR) is 353 cm³/mol. The van der Waals surface area contributed by atoms with Gasteiger partial charge in [0.15, 0.2) is 12.6 Å². The van der Waals surface area contributed by atoms with Crippen LogP contribution in [0.4, 0.5) is 0 Å². The van der Waals surface area contributed by atoms with Gasteiger partial charge in [-0.05, 0) is 64.2 Å². The summed E-state index contributed by atoms with van der Waals surface area (Å²) < 4.78 is 92.9. The van der Waals surface area contributed by atoms with E-state index in [1.165, 1.54) is 129 Å². The standard InChI is InChI=1S/C68H134O19P2/c1-7-11-15-19-22-25-27-28-29-30-31-32-35-38-42-46-52-80-66-64(81-54-50-58(78-6)48-44-39-18-14-10-4)62(86-88(71,72)73)60(55-77-5)85-67(66)83-56-59-61(70)63(79-51-45-41-37-34-26-23-20-16-12-8-2)65(68(84-59)87-89(74,75)76)82-53-49-57(69)47-43-40-36-33-24-21-17-13-9-3/h25,27,57-70H,7-24,26,28-56H2,1-6H3,(H2,71,72,73)(H2,74,75,76)/b27-25-/t57-,58-,59-,60-,61-,62-,63+,64+,65-,66-,67-,68?/m1/s1. The van der Waals surface area contributed by atoms with Crippen molar-refractivity contribution in [3.05, 3.63) is 12.2 Å². The highest BCUT2D eigenvalue weighted by molar-refractivity contribution is 7.46. The van der Waals surface area contributed by atoms with Crippen molar-refractivity contribution in [2.24, 2.45) is 0 Å². The second-order valence-electron chi connectivity index (χ2n) is 25.4. The van der Waals surface area contributed by atoms with Gasteiger partial charge in [0.1, 0.15) is 48.8 Å². The van der Waals surface area contributed by atoms with E-state index in [1.807, 2.05) is 0 Å². The summed E-state index contributed by atoms with van der Waals surface area (Å²) in [5.74, 6) is 0. The molecule has 0 spiro atoms. The average molecular weight is 1320 g/mol. The molecule has 0 radical (unpaired) electrons. The molecule has 19 nitrogen and oxygen atoms in total. The molecule has 0 bridgehead atoms. The van der Waals surface area contributed by atoms with Crippen molar-refractivity contribution in [3.63, 3.8) is 0 Å². The minimum Gasteiger partial charge on any atom is -0.393 e. The van der Waals surface area contributed by atoms with E-state index >= 15 is 0 Å². The van der Waals surface area contributed by atoms with Crippen LogP contribution >= 0.6 is 15.6 Å². The van der Waals surface area contributed by atoms with Gasteiger partial charge in [-0.1, -0.05) is 245 Å². The van der Waals surface area contributed by atoms with Crippen molar-refractivity contribution in [2.45, 2.75) is 371 Å². The van der Waals surface area contributed by atoms with Crippen molar-refractivity contribution < 1.29 is 90.6 Å². The van der Waals surface area contributed by atoms with Gasteiger partial charge in [0.2, 0.25) is 0 Å². The third-order valence-corrected chi connectivity index (χ3v) is 18.4. The molecule has 2 saturated heterocycles. The second-order valence-corrected chi connectivity index (χ2v) is 27.8. The Hall–Kier alpha value is -0.480. The van der Waals surface area contributed by atoms with E-state index in [-0.39, 0.29) is 45.6 Å². The Morgan fingerprint density at radius 1 is 0.393 bits per heavy atom. The zero-order valence-electron chi connectivity index (χ0n) is 56.9. The highest BCUT2D eigenvalue weighted by atomic mass is 31.2. The maximum absolute atomic E-state index is 12.8. The third-order valence-electron chi connectivity index (χ3n) is 17.4. The highest BCUT2D eigenvalue weighted by Crippen LogP contribution is 2.44. The average Bonchev–Trinajstić information content (AvgIpc) is 1.75. The molecule has 0 saturated carbocycles. The lowest BCUT2D eigenvalue weighted by atomic mass is 9.97. The number of allylic oxidation sites excluding steroid dienone is 2. The van der Waals surface area contributed by atoms with Crippen LogP contribution in [0.15, 0.2) is 12.2 Å². The zero-order chi connectivity index (χ0) is 65.1. The maximum atomic E-state index is 12.8. The molecular weight excluding hydrogens is 1180 g/mol. The fraction of sp³-hybridized carbons (Fsp3) is 0.971. The minimum atomic E-state index is -5.25. The number of unbranched alkanes of at least 4 members (excludes halogenated alkanes) is 33. The van der Waals surface area contributed by atoms with Crippen molar-refractivity contribution in [2.75, 3.05) is 53.9 Å². The van der Waals surface area contributed by atoms with Crippen molar-refractivity contribution >= 4 is 15.6 Å². The normalized spacial score (nSPS) is 23.5. The van der Waals surface area contributed by atoms with Crippen LogP contribution in [-0.2, 0) is 60.8 Å². The number of phosphoric acid groups is 2. The molecular formula is C68H134O19P2. The highest BCUT2D eigenvalue weighted by Gasteiger charge is 2.53. The Bertz CT molecular complexity index is 1710. The molecule has 530 valence electrons. The molecule has 89 heavy (non-hydrogen) atoms. The molecule has 6 N–H and O–H groups in total. The summed E-state index contributed by atoms with van der Waals surface area (Å²) >= 11 is 0. The largest absolute Gasteiger partial charge is 0.472 e. The number of ether oxygens (including phenoxy) is 9. The third kappa shape index (κ3) is 43.3. The Balaban J connectivity index is 2.38. The van der Waals surface area contributed by atoms with Gasteiger partial charge in [0.05, 0.1) is 25.4 Å². The molecule has 2 aliphatic heterocycles. The number of phosphoric ester groups is 2. The lowest BCUT2D eigenvalue weighted by molar-refractivity contribution is -0.336. The summed E-state index contributed by atoms with van der Waals surface area (Å²) in [5.41, 5.74) is 0. The van der Waals surface area contributed by atoms with E-state index in [9.17, 15) is 38.9 Å². The minimum absolute atomic E-state index is 0.0316. The van der Waals surface area contributed by atoms with Gasteiger partial charge in [0.25, 0.3) is 0 Å². The maximum Gasteiger partial charge on any atom is 0.472 e. The van der Waals surface area contributed by atoms with Gasteiger partial charge >= 0.3 is 15.6 Å². The number of rotatable bonds is 63. The molecule has 0 aromatic heterocycles. The molecule has 2 heterocycles. The van der Waals surface area contributed by atoms with E-state index in [4.69, 9.17) is 51.7 Å². The molecule has 0 aliphatic carbocycles. The van der Waals surface area contributed by atoms with Crippen LogP contribution < -0.4 is 0 Å². The number of aliphatic hydroxyl groups excluding tert-OH is 2. The Morgan fingerprint density at radius 2 is 0.787 bits per heavy atom. The lowest BCUT2D eigenvalue weighted by Gasteiger charge is -2.47. The monoisotopic (exact) mass is 1320 g/mol. The van der Waals surface area contributed by atoms with Gasteiger partial charge in [-0.15, -0.1) is 0 Å². The van der Waals surface area contributed by atoms with Crippen LogP contribution in [0.2, 0.25) is 0 Å². The molecule has 12 atom stereocenters. The summed E-state index contributed by atoms with van der Waals surface area (Å²) in [6.07, 6.45) is 35.2. The van der Waals surface area contributed by atoms with Crippen LogP contribution in [0.25, 0.3) is 0 Å². The summed E-state index contributed by atoms with van der Waals surface area (Å²) in [6, 6.07) is 0. The fourth-order valence-corrected chi connectivity index (χ4v) is 13.0. The molecule has 0 aromatic rings. The summed E-state index contributed by atoms with van der Waals surface area (Å²) in [4.78, 5) is 41.3. The predicted octanol–water partition coefficient (Wildman–Crippen LogP) is 16.0. The van der Waals surface area contributed by atoms with Gasteiger partial charge in [0, 0.05) is 40.6 Å². The topological polar surface area (TPSA) is 257 Å². The first kappa shape index (κ1) is 84.6. The summed E-state index contributed by atoms with van der Waals surface area (Å²) in [6.45, 7) is 8.71. The zero-order valence-corrected chi connectivity index (χ0v) is 58.7. The Kier molecular flexibility index (Phi) is 52.9. The van der Waals surface area contributed by atoms with Crippen molar-refractivity contribution in [1.29, 1.82) is 0 Å². The van der Waals surface area contributed by atoms with Gasteiger partial charge < -0.3 is 72.4 Å². The molecule has 0 aromatic carbocycles. The number of hydrogen-bond donors (Lipinski definition) is 6. The molecule has 2 rings (SSSR count). The second kappa shape index (κ2) is 55.6. The fourth-order valence-electron chi connectivity index (χ4n) is 12.0. The Morgan fingerprint density at radius 3 is 1.27 bits per heavy atom. The first-order valence-electron chi connectivity index (χ1n) is 36.0. The summed E-state index contributed by atoms with van der Waals surface area (Å²) in [5, 5.41) is 23.3. The molecule has 0 amide bonds. The van der Waals surface area contributed by atoms with Crippen molar-refractivity contribution in [3.8, 4) is 0 Å². The van der Waals surface area contributed by atoms with E-state index in [0.29, 0.717) is 25.7 Å². The number of aliphatic hydroxyl groups is 2. The summed E-state index contributed by atoms with van der Waals surface area (Å²) in [7, 11) is -7.34. The number of hydrogen-bond acceptors (Lipinski definition) is 15. The van der Waals surface area contributed by atoms with Crippen LogP contribution in [0.1, 0.15) is 297 Å². The van der Waals surface area contributed by atoms with E-state index < -0.39 is 89.8 Å². The molecule has 21 heteroatoms. The quantitative estimate of drug-likeness (QED) is 0.0188. The van der Waals surface area contributed by atoms with E-state index in [1.54, 1.807) is 7.11 Å². The molecule has 2 fully saturated rings. The van der Waals surface area contributed by atoms with Crippen molar-refractivity contribution in [1.82, 2.24) is 0 Å². The molecule has 1 unspecified atom stereocenters.